The standard InChI is InChI=1S/C14H16ClN3O6/c15-9-1-3-10(4-2-9)24-8-13(21)16-7-12(20)18-17-11(19)5-6-14(22)23/h1-4H,5-8H2,(H,16,21)(H,17,19)(H,18,20)(H,22,23). The van der Waals surface area contributed by atoms with Crippen molar-refractivity contribution in [2.75, 3.05) is 13.2 Å². The summed E-state index contributed by atoms with van der Waals surface area (Å²) < 4.78 is 5.18. The molecule has 0 aliphatic carbocycles. The fraction of sp³-hybridized carbons (Fsp3) is 0.286. The first kappa shape index (κ1) is 19.2. The predicted octanol–water partition coefficient (Wildman–Crippen LogP) is -0.153. The van der Waals surface area contributed by atoms with Crippen LogP contribution in [0.15, 0.2) is 24.3 Å². The van der Waals surface area contributed by atoms with Gasteiger partial charge in [0.05, 0.1) is 13.0 Å². The van der Waals surface area contributed by atoms with Crippen molar-refractivity contribution in [1.29, 1.82) is 0 Å². The van der Waals surface area contributed by atoms with E-state index in [0.29, 0.717) is 10.8 Å². The minimum atomic E-state index is -1.12. The molecule has 0 radical (unpaired) electrons. The maximum absolute atomic E-state index is 11.5. The lowest BCUT2D eigenvalue weighted by Gasteiger charge is -2.09. The predicted molar refractivity (Wildman–Crippen MR) is 83.1 cm³/mol. The molecule has 9 nitrogen and oxygen atoms in total. The Morgan fingerprint density at radius 3 is 2.21 bits per heavy atom. The fourth-order valence-corrected chi connectivity index (χ4v) is 1.50. The summed E-state index contributed by atoms with van der Waals surface area (Å²) >= 11 is 5.71. The summed E-state index contributed by atoms with van der Waals surface area (Å²) in [6.07, 6.45) is -0.614. The number of amides is 3. The molecular weight excluding hydrogens is 342 g/mol. The third-order valence-corrected chi connectivity index (χ3v) is 2.79. The largest absolute Gasteiger partial charge is 0.484 e. The summed E-state index contributed by atoms with van der Waals surface area (Å²) in [5.41, 5.74) is 4.07. The molecule has 1 rings (SSSR count). The summed E-state index contributed by atoms with van der Waals surface area (Å²) in [5, 5.41) is 11.2. The first-order chi connectivity index (χ1) is 11.4. The van der Waals surface area contributed by atoms with E-state index in [-0.39, 0.29) is 26.0 Å². The second kappa shape index (κ2) is 10.1. The van der Waals surface area contributed by atoms with Crippen LogP contribution < -0.4 is 20.9 Å². The van der Waals surface area contributed by atoms with Crippen molar-refractivity contribution in [3.05, 3.63) is 29.3 Å². The second-order valence-corrected chi connectivity index (χ2v) is 4.95. The van der Waals surface area contributed by atoms with Crippen LogP contribution in [0.25, 0.3) is 0 Å². The third kappa shape index (κ3) is 8.59. The number of nitrogens with one attached hydrogen (secondary N) is 3. The van der Waals surface area contributed by atoms with Crippen molar-refractivity contribution in [2.45, 2.75) is 12.8 Å². The summed E-state index contributed by atoms with van der Waals surface area (Å²) in [5.74, 6) is -2.52. The number of hydrogen-bond acceptors (Lipinski definition) is 5. The van der Waals surface area contributed by atoms with E-state index in [4.69, 9.17) is 21.4 Å². The van der Waals surface area contributed by atoms with Crippen LogP contribution in [0.2, 0.25) is 5.02 Å². The normalized spacial score (nSPS) is 9.71. The quantitative estimate of drug-likeness (QED) is 0.478. The van der Waals surface area contributed by atoms with Crippen LogP contribution in [0.3, 0.4) is 0 Å². The Morgan fingerprint density at radius 2 is 1.58 bits per heavy atom. The van der Waals surface area contributed by atoms with E-state index in [1.165, 1.54) is 0 Å². The van der Waals surface area contributed by atoms with Crippen molar-refractivity contribution >= 4 is 35.3 Å². The molecule has 0 spiro atoms. The van der Waals surface area contributed by atoms with E-state index in [1.807, 2.05) is 10.9 Å². The highest BCUT2D eigenvalue weighted by Gasteiger charge is 2.09. The zero-order valence-electron chi connectivity index (χ0n) is 12.5. The van der Waals surface area contributed by atoms with Gasteiger partial charge >= 0.3 is 5.97 Å². The van der Waals surface area contributed by atoms with Gasteiger partial charge in [-0.1, -0.05) is 11.6 Å². The molecule has 0 saturated carbocycles. The number of halogens is 1. The zero-order valence-corrected chi connectivity index (χ0v) is 13.3. The van der Waals surface area contributed by atoms with E-state index < -0.39 is 23.7 Å². The minimum Gasteiger partial charge on any atom is -0.484 e. The number of carbonyl (C=O) groups excluding carboxylic acids is 3. The molecule has 24 heavy (non-hydrogen) atoms. The van der Waals surface area contributed by atoms with Gasteiger partial charge in [-0.3, -0.25) is 30.0 Å². The van der Waals surface area contributed by atoms with Gasteiger partial charge < -0.3 is 15.2 Å². The Bertz CT molecular complexity index is 605. The first-order valence-corrected chi connectivity index (χ1v) is 7.19. The van der Waals surface area contributed by atoms with Gasteiger partial charge in [0.1, 0.15) is 5.75 Å². The van der Waals surface area contributed by atoms with Crippen LogP contribution in [0.1, 0.15) is 12.8 Å². The van der Waals surface area contributed by atoms with Crippen molar-refractivity contribution in [2.24, 2.45) is 0 Å². The van der Waals surface area contributed by atoms with Gasteiger partial charge in [0.2, 0.25) is 5.91 Å². The monoisotopic (exact) mass is 357 g/mol. The molecule has 0 atom stereocenters. The van der Waals surface area contributed by atoms with E-state index in [0.717, 1.165) is 0 Å². The van der Waals surface area contributed by atoms with Crippen molar-refractivity contribution in [1.82, 2.24) is 16.2 Å². The first-order valence-electron chi connectivity index (χ1n) is 6.81. The Hall–Kier alpha value is -2.81. The number of carboxylic acids is 1. The lowest BCUT2D eigenvalue weighted by atomic mass is 10.3. The van der Waals surface area contributed by atoms with Gasteiger partial charge in [0, 0.05) is 11.4 Å². The van der Waals surface area contributed by atoms with Gasteiger partial charge in [-0.25, -0.2) is 0 Å². The Balaban J connectivity index is 2.17. The average Bonchev–Trinajstić information content (AvgIpc) is 2.55. The van der Waals surface area contributed by atoms with Crippen LogP contribution in [-0.4, -0.2) is 41.9 Å². The molecule has 0 heterocycles. The van der Waals surface area contributed by atoms with E-state index in [9.17, 15) is 19.2 Å². The molecule has 0 aliphatic rings. The molecule has 0 aliphatic heterocycles. The number of carbonyl (C=O) groups is 4. The highest BCUT2D eigenvalue weighted by atomic mass is 35.5. The number of rotatable bonds is 8. The summed E-state index contributed by atoms with van der Waals surface area (Å²) in [6, 6.07) is 6.40. The van der Waals surface area contributed by atoms with Gasteiger partial charge in [-0.15, -0.1) is 0 Å². The number of hydrazine groups is 1. The maximum atomic E-state index is 11.5. The Labute approximate surface area is 142 Å². The minimum absolute atomic E-state index is 0.267. The molecule has 1 aromatic rings. The number of aliphatic carboxylic acids is 1. The Kier molecular flexibility index (Phi) is 8.06. The lowest BCUT2D eigenvalue weighted by Crippen LogP contribution is -2.47. The topological polar surface area (TPSA) is 134 Å². The highest BCUT2D eigenvalue weighted by molar-refractivity contribution is 6.30. The van der Waals surface area contributed by atoms with E-state index in [2.05, 4.69) is 5.32 Å². The zero-order chi connectivity index (χ0) is 17.9. The smallest absolute Gasteiger partial charge is 0.303 e. The molecule has 0 fully saturated rings. The van der Waals surface area contributed by atoms with E-state index >= 15 is 0 Å². The second-order valence-electron chi connectivity index (χ2n) is 4.51. The number of ether oxygens (including phenoxy) is 1. The molecule has 0 unspecified atom stereocenters. The molecular formula is C14H16ClN3O6. The van der Waals surface area contributed by atoms with Gasteiger partial charge in [0.15, 0.2) is 6.61 Å². The van der Waals surface area contributed by atoms with Crippen LogP contribution >= 0.6 is 11.6 Å². The Morgan fingerprint density at radius 1 is 0.958 bits per heavy atom. The van der Waals surface area contributed by atoms with Crippen molar-refractivity contribution in [3.63, 3.8) is 0 Å². The van der Waals surface area contributed by atoms with Gasteiger partial charge in [0.25, 0.3) is 11.8 Å². The third-order valence-electron chi connectivity index (χ3n) is 2.54. The van der Waals surface area contributed by atoms with Crippen LogP contribution in [0, 0.1) is 0 Å². The summed E-state index contributed by atoms with van der Waals surface area (Å²) in [6.45, 7) is -0.665. The molecule has 0 aromatic heterocycles. The lowest BCUT2D eigenvalue weighted by molar-refractivity contribution is -0.139. The SMILES string of the molecule is O=C(O)CCC(=O)NNC(=O)CNC(=O)COc1ccc(Cl)cc1. The van der Waals surface area contributed by atoms with Gasteiger partial charge in [-0.05, 0) is 24.3 Å². The molecule has 130 valence electrons. The fourth-order valence-electron chi connectivity index (χ4n) is 1.38. The molecule has 0 saturated heterocycles. The maximum Gasteiger partial charge on any atom is 0.303 e. The van der Waals surface area contributed by atoms with Crippen molar-refractivity contribution in [3.8, 4) is 5.75 Å². The van der Waals surface area contributed by atoms with Crippen LogP contribution in [0.4, 0.5) is 0 Å². The summed E-state index contributed by atoms with van der Waals surface area (Å²) in [4.78, 5) is 44.3. The van der Waals surface area contributed by atoms with Crippen molar-refractivity contribution < 1.29 is 29.0 Å². The highest BCUT2D eigenvalue weighted by Crippen LogP contribution is 2.15. The number of benzene rings is 1. The average molecular weight is 358 g/mol. The summed E-state index contributed by atoms with van der Waals surface area (Å²) in [7, 11) is 0. The van der Waals surface area contributed by atoms with Crippen LogP contribution in [0.5, 0.6) is 5.75 Å². The molecule has 4 N–H and O–H groups in total. The molecule has 3 amide bonds. The molecule has 0 bridgehead atoms. The van der Waals surface area contributed by atoms with Gasteiger partial charge in [-0.2, -0.15) is 0 Å². The molecule has 1 aromatic carbocycles. The number of hydrogen-bond donors (Lipinski definition) is 4. The van der Waals surface area contributed by atoms with Crippen LogP contribution in [-0.2, 0) is 19.2 Å². The molecule has 10 heteroatoms. The van der Waals surface area contributed by atoms with E-state index in [1.54, 1.807) is 24.3 Å². The number of carboxylic acid groups (broad SMARTS) is 1.